The molecule has 7 heteroatoms. The predicted molar refractivity (Wildman–Crippen MR) is 113 cm³/mol. The zero-order valence-corrected chi connectivity index (χ0v) is 17.8. The first-order valence-corrected chi connectivity index (χ1v) is 10.4. The fourth-order valence-electron chi connectivity index (χ4n) is 4.09. The van der Waals surface area contributed by atoms with Gasteiger partial charge >= 0.3 is 0 Å². The molecule has 2 heterocycles. The molecule has 0 unspecified atom stereocenters. The van der Waals surface area contributed by atoms with Gasteiger partial charge in [0, 0.05) is 40.0 Å². The summed E-state index contributed by atoms with van der Waals surface area (Å²) >= 11 is 0. The highest BCUT2D eigenvalue weighted by Crippen LogP contribution is 2.21. The molecule has 0 aliphatic carbocycles. The molecule has 1 saturated heterocycles. The summed E-state index contributed by atoms with van der Waals surface area (Å²) in [6.45, 7) is 3.88. The molecule has 0 aromatic heterocycles. The van der Waals surface area contributed by atoms with Crippen LogP contribution in [-0.2, 0) is 16.0 Å². The fraction of sp³-hybridized carbons (Fsp3) is 0.591. The number of hydrogen-bond donors (Lipinski definition) is 0. The van der Waals surface area contributed by atoms with E-state index in [9.17, 15) is 9.59 Å². The van der Waals surface area contributed by atoms with Crippen molar-refractivity contribution in [3.05, 3.63) is 29.8 Å². The Kier molecular flexibility index (Phi) is 7.25. The van der Waals surface area contributed by atoms with Crippen LogP contribution in [0.4, 0.5) is 0 Å². The number of rotatable bonds is 7. The van der Waals surface area contributed by atoms with E-state index in [-0.39, 0.29) is 11.8 Å². The molecule has 158 valence electrons. The number of benzene rings is 1. The standard InChI is InChI=1S/C22H32N4O3/c1-24(22(28)19-8-9-21(27)25(2)23-19)16-17-10-13-26(14-11-17)15-12-18-6-4-5-7-20(18)29-3/h4-7,17H,8-16H2,1-3H3. The van der Waals surface area contributed by atoms with Crippen LogP contribution in [0.5, 0.6) is 5.75 Å². The highest BCUT2D eigenvalue weighted by atomic mass is 16.5. The fourth-order valence-corrected chi connectivity index (χ4v) is 4.09. The van der Waals surface area contributed by atoms with Gasteiger partial charge in [0.25, 0.3) is 5.91 Å². The molecular formula is C22H32N4O3. The molecule has 29 heavy (non-hydrogen) atoms. The van der Waals surface area contributed by atoms with Gasteiger partial charge in [-0.25, -0.2) is 5.01 Å². The average Bonchev–Trinajstić information content (AvgIpc) is 2.74. The minimum atomic E-state index is -0.0528. The van der Waals surface area contributed by atoms with Crippen LogP contribution in [0, 0.1) is 5.92 Å². The molecule has 0 atom stereocenters. The summed E-state index contributed by atoms with van der Waals surface area (Å²) < 4.78 is 5.44. The van der Waals surface area contributed by atoms with Crippen molar-refractivity contribution in [1.82, 2.24) is 14.8 Å². The van der Waals surface area contributed by atoms with Gasteiger partial charge in [-0.15, -0.1) is 0 Å². The Morgan fingerprint density at radius 3 is 2.66 bits per heavy atom. The lowest BCUT2D eigenvalue weighted by Crippen LogP contribution is -2.43. The van der Waals surface area contributed by atoms with E-state index in [0.29, 0.717) is 24.5 Å². The van der Waals surface area contributed by atoms with Crippen LogP contribution < -0.4 is 4.74 Å². The van der Waals surface area contributed by atoms with Crippen molar-refractivity contribution in [1.29, 1.82) is 0 Å². The number of hydrogen-bond acceptors (Lipinski definition) is 5. The van der Waals surface area contributed by atoms with E-state index in [0.717, 1.165) is 51.2 Å². The summed E-state index contributed by atoms with van der Waals surface area (Å²) in [5.74, 6) is 1.38. The molecule has 1 aromatic carbocycles. The maximum atomic E-state index is 12.6. The van der Waals surface area contributed by atoms with Crippen molar-refractivity contribution < 1.29 is 14.3 Å². The van der Waals surface area contributed by atoms with E-state index in [1.807, 2.05) is 19.2 Å². The lowest BCUT2D eigenvalue weighted by Gasteiger charge is -2.34. The molecule has 2 aliphatic rings. The number of para-hydroxylation sites is 1. The second-order valence-electron chi connectivity index (χ2n) is 8.00. The topological polar surface area (TPSA) is 65.5 Å². The van der Waals surface area contributed by atoms with Crippen molar-refractivity contribution in [3.8, 4) is 5.75 Å². The van der Waals surface area contributed by atoms with Crippen molar-refractivity contribution >= 4 is 17.5 Å². The zero-order chi connectivity index (χ0) is 20.8. The molecule has 1 aromatic rings. The van der Waals surface area contributed by atoms with Gasteiger partial charge in [0.1, 0.15) is 11.5 Å². The first kappa shape index (κ1) is 21.3. The van der Waals surface area contributed by atoms with Gasteiger partial charge in [-0.3, -0.25) is 9.59 Å². The molecule has 0 spiro atoms. The number of carbonyl (C=O) groups is 2. The van der Waals surface area contributed by atoms with Gasteiger partial charge in [-0.05, 0) is 49.9 Å². The number of amides is 2. The van der Waals surface area contributed by atoms with E-state index in [2.05, 4.69) is 22.1 Å². The third kappa shape index (κ3) is 5.56. The summed E-state index contributed by atoms with van der Waals surface area (Å²) in [6.07, 6.45) is 3.97. The van der Waals surface area contributed by atoms with Gasteiger partial charge < -0.3 is 14.5 Å². The average molecular weight is 401 g/mol. The molecule has 0 bridgehead atoms. The van der Waals surface area contributed by atoms with Crippen LogP contribution in [0.15, 0.2) is 29.4 Å². The maximum Gasteiger partial charge on any atom is 0.269 e. The first-order valence-electron chi connectivity index (χ1n) is 10.4. The van der Waals surface area contributed by atoms with Crippen LogP contribution in [-0.4, -0.2) is 79.7 Å². The molecule has 7 nitrogen and oxygen atoms in total. The number of methoxy groups -OCH3 is 1. The second kappa shape index (κ2) is 9.87. The smallest absolute Gasteiger partial charge is 0.269 e. The number of piperidine rings is 1. The summed E-state index contributed by atoms with van der Waals surface area (Å²) in [7, 11) is 5.17. The monoisotopic (exact) mass is 400 g/mol. The molecule has 0 saturated carbocycles. The molecule has 0 radical (unpaired) electrons. The van der Waals surface area contributed by atoms with Crippen LogP contribution in [0.1, 0.15) is 31.2 Å². The number of carbonyl (C=O) groups excluding carboxylic acids is 2. The van der Waals surface area contributed by atoms with Crippen molar-refractivity contribution in [2.45, 2.75) is 32.1 Å². The van der Waals surface area contributed by atoms with Crippen LogP contribution >= 0.6 is 0 Å². The number of ether oxygens (including phenoxy) is 1. The lowest BCUT2D eigenvalue weighted by molar-refractivity contribution is -0.130. The van der Waals surface area contributed by atoms with E-state index >= 15 is 0 Å². The molecular weight excluding hydrogens is 368 g/mol. The minimum Gasteiger partial charge on any atom is -0.496 e. The maximum absolute atomic E-state index is 12.6. The number of hydrazone groups is 1. The van der Waals surface area contributed by atoms with E-state index in [1.165, 1.54) is 10.6 Å². The Morgan fingerprint density at radius 2 is 1.97 bits per heavy atom. The normalized spacial score (nSPS) is 18.5. The Balaban J connectivity index is 1.43. The first-order chi connectivity index (χ1) is 14.0. The van der Waals surface area contributed by atoms with Gasteiger partial charge in [-0.2, -0.15) is 5.10 Å². The van der Waals surface area contributed by atoms with Gasteiger partial charge in [0.2, 0.25) is 5.91 Å². The quantitative estimate of drug-likeness (QED) is 0.702. The minimum absolute atomic E-state index is 0.0373. The van der Waals surface area contributed by atoms with Crippen molar-refractivity contribution in [2.75, 3.05) is 47.4 Å². The van der Waals surface area contributed by atoms with Crippen LogP contribution in [0.25, 0.3) is 0 Å². The molecule has 1 fully saturated rings. The van der Waals surface area contributed by atoms with Gasteiger partial charge in [0.05, 0.1) is 7.11 Å². The zero-order valence-electron chi connectivity index (χ0n) is 17.8. The van der Waals surface area contributed by atoms with Crippen LogP contribution in [0.3, 0.4) is 0 Å². The second-order valence-corrected chi connectivity index (χ2v) is 8.00. The Hall–Kier alpha value is -2.41. The number of likely N-dealkylation sites (tertiary alicyclic amines) is 1. The largest absolute Gasteiger partial charge is 0.496 e. The summed E-state index contributed by atoms with van der Waals surface area (Å²) in [6, 6.07) is 8.20. The van der Waals surface area contributed by atoms with Crippen molar-refractivity contribution in [2.24, 2.45) is 11.0 Å². The molecule has 2 aliphatic heterocycles. The highest BCUT2D eigenvalue weighted by Gasteiger charge is 2.27. The highest BCUT2D eigenvalue weighted by molar-refractivity contribution is 6.39. The number of nitrogens with zero attached hydrogens (tertiary/aromatic N) is 4. The van der Waals surface area contributed by atoms with E-state index in [4.69, 9.17) is 4.74 Å². The van der Waals surface area contributed by atoms with Gasteiger partial charge in [0.15, 0.2) is 0 Å². The summed E-state index contributed by atoms with van der Waals surface area (Å²) in [5.41, 5.74) is 1.74. The Morgan fingerprint density at radius 1 is 1.24 bits per heavy atom. The van der Waals surface area contributed by atoms with Crippen LogP contribution in [0.2, 0.25) is 0 Å². The predicted octanol–water partition coefficient (Wildman–Crippen LogP) is 2.02. The third-order valence-corrected chi connectivity index (χ3v) is 5.93. The Bertz CT molecular complexity index is 756. The summed E-state index contributed by atoms with van der Waals surface area (Å²) in [4.78, 5) is 28.5. The van der Waals surface area contributed by atoms with E-state index in [1.54, 1.807) is 19.1 Å². The molecule has 3 rings (SSSR count). The van der Waals surface area contributed by atoms with E-state index < -0.39 is 0 Å². The third-order valence-electron chi connectivity index (χ3n) is 5.93. The SMILES string of the molecule is COc1ccccc1CCN1CCC(CN(C)C(=O)C2=NN(C)C(=O)CC2)CC1. The molecule has 2 amide bonds. The molecule has 0 N–H and O–H groups in total. The van der Waals surface area contributed by atoms with Crippen molar-refractivity contribution in [3.63, 3.8) is 0 Å². The Labute approximate surface area is 173 Å². The summed E-state index contributed by atoms with van der Waals surface area (Å²) in [5, 5.41) is 5.43. The lowest BCUT2D eigenvalue weighted by atomic mass is 9.95. The van der Waals surface area contributed by atoms with Gasteiger partial charge in [-0.1, -0.05) is 18.2 Å².